The fourth-order valence-electron chi connectivity index (χ4n) is 5.29. The lowest BCUT2D eigenvalue weighted by Crippen LogP contribution is -2.27. The molecule has 0 bridgehead atoms. The van der Waals surface area contributed by atoms with Gasteiger partial charge in [-0.1, -0.05) is 30.3 Å². The molecule has 4 aromatic rings. The SMILES string of the molecule is O=C(O)Oc1cnn(-c2cccc(-c3ccccc3OC(F)(F)c3ccc([C@H]4CC[C@@H](C(F)(F)F)CC4)cc3)n2)c1C(F)(F)F. The van der Waals surface area contributed by atoms with Crippen molar-refractivity contribution in [1.29, 1.82) is 0 Å². The molecule has 238 valence electrons. The molecule has 2 aromatic carbocycles. The number of hydrogen-bond donors (Lipinski definition) is 1. The lowest BCUT2D eigenvalue weighted by atomic mass is 9.78. The molecule has 0 unspecified atom stereocenters. The van der Waals surface area contributed by atoms with Gasteiger partial charge in [0, 0.05) is 5.56 Å². The van der Waals surface area contributed by atoms with Gasteiger partial charge in [0.1, 0.15) is 5.75 Å². The molecule has 1 aliphatic carbocycles. The Kier molecular flexibility index (Phi) is 8.47. The fraction of sp³-hybridized carbons (Fsp3) is 0.300. The molecule has 0 amide bonds. The summed E-state index contributed by atoms with van der Waals surface area (Å²) >= 11 is 0. The lowest BCUT2D eigenvalue weighted by molar-refractivity contribution is -0.185. The number of hydrogen-bond acceptors (Lipinski definition) is 5. The van der Waals surface area contributed by atoms with Crippen LogP contribution in [-0.4, -0.2) is 32.2 Å². The highest BCUT2D eigenvalue weighted by atomic mass is 19.4. The van der Waals surface area contributed by atoms with Crippen LogP contribution in [-0.2, 0) is 12.3 Å². The first-order valence-electron chi connectivity index (χ1n) is 13.5. The van der Waals surface area contributed by atoms with Gasteiger partial charge in [0.15, 0.2) is 17.3 Å². The van der Waals surface area contributed by atoms with E-state index in [4.69, 9.17) is 9.84 Å². The molecular weight excluding hydrogens is 618 g/mol. The van der Waals surface area contributed by atoms with Crippen molar-refractivity contribution in [2.45, 2.75) is 50.1 Å². The molecule has 1 fully saturated rings. The Labute approximate surface area is 250 Å². The van der Waals surface area contributed by atoms with Gasteiger partial charge in [0.2, 0.25) is 0 Å². The van der Waals surface area contributed by atoms with Gasteiger partial charge >= 0.3 is 24.6 Å². The van der Waals surface area contributed by atoms with Crippen LogP contribution < -0.4 is 9.47 Å². The molecule has 5 rings (SSSR count). The van der Waals surface area contributed by atoms with E-state index in [2.05, 4.69) is 14.8 Å². The van der Waals surface area contributed by atoms with Crippen molar-refractivity contribution in [1.82, 2.24) is 14.8 Å². The summed E-state index contributed by atoms with van der Waals surface area (Å²) in [6.07, 6.45) is -14.2. The Morgan fingerprint density at radius 3 is 2.11 bits per heavy atom. The molecule has 0 spiro atoms. The van der Waals surface area contributed by atoms with Gasteiger partial charge in [-0.25, -0.2) is 14.5 Å². The minimum Gasteiger partial charge on any atom is -0.449 e. The maximum atomic E-state index is 15.4. The normalized spacial score (nSPS) is 17.6. The van der Waals surface area contributed by atoms with Crippen LogP contribution in [0.1, 0.15) is 48.4 Å². The molecule has 0 radical (unpaired) electrons. The summed E-state index contributed by atoms with van der Waals surface area (Å²) in [5.41, 5.74) is -1.50. The third kappa shape index (κ3) is 7.02. The van der Waals surface area contributed by atoms with Crippen LogP contribution in [0.2, 0.25) is 0 Å². The van der Waals surface area contributed by atoms with Crippen molar-refractivity contribution in [2.75, 3.05) is 0 Å². The topological polar surface area (TPSA) is 86.5 Å². The average Bonchev–Trinajstić information content (AvgIpc) is 3.41. The van der Waals surface area contributed by atoms with Crippen molar-refractivity contribution in [3.63, 3.8) is 0 Å². The molecule has 0 atom stereocenters. The number of carboxylic acid groups (broad SMARTS) is 1. The predicted octanol–water partition coefficient (Wildman–Crippen LogP) is 8.97. The van der Waals surface area contributed by atoms with E-state index in [1.807, 2.05) is 0 Å². The minimum absolute atomic E-state index is 0.000191. The number of alkyl halides is 8. The number of halogens is 8. The van der Waals surface area contributed by atoms with Crippen LogP contribution >= 0.6 is 0 Å². The maximum absolute atomic E-state index is 15.4. The number of aromatic nitrogens is 3. The van der Waals surface area contributed by atoms with Crippen molar-refractivity contribution in [3.05, 3.63) is 89.7 Å². The first-order valence-corrected chi connectivity index (χ1v) is 13.5. The molecule has 1 N–H and O–H groups in total. The van der Waals surface area contributed by atoms with E-state index >= 15 is 8.78 Å². The predicted molar refractivity (Wildman–Crippen MR) is 142 cm³/mol. The van der Waals surface area contributed by atoms with Crippen molar-refractivity contribution >= 4 is 6.16 Å². The standard InChI is InChI=1S/C30H23F8N3O4/c31-28(32,33)19-12-8-17(9-13-19)18-10-14-20(15-11-18)30(37,38)45-23-6-2-1-4-21(23)22-5-3-7-25(40-22)41-26(29(34,35)36)24(16-39-41)44-27(42)43/h1-7,10-11,14-17,19H,8-9,12-13H2,(H,42,43)/t17-,19+. The first-order chi connectivity index (χ1) is 21.1. The number of rotatable bonds is 7. The second kappa shape index (κ2) is 12.0. The average molecular weight is 642 g/mol. The summed E-state index contributed by atoms with van der Waals surface area (Å²) in [4.78, 5) is 15.0. The molecule has 2 heterocycles. The quantitative estimate of drug-likeness (QED) is 0.160. The Morgan fingerprint density at radius 2 is 1.49 bits per heavy atom. The van der Waals surface area contributed by atoms with Gasteiger partial charge in [0.25, 0.3) is 0 Å². The summed E-state index contributed by atoms with van der Waals surface area (Å²) in [5, 5.41) is 12.4. The second-order valence-electron chi connectivity index (χ2n) is 10.3. The lowest BCUT2D eigenvalue weighted by Gasteiger charge is -2.30. The van der Waals surface area contributed by atoms with Crippen LogP contribution in [0.15, 0.2) is 72.9 Å². The fourth-order valence-corrected chi connectivity index (χ4v) is 5.29. The molecule has 2 aromatic heterocycles. The van der Waals surface area contributed by atoms with E-state index in [9.17, 15) is 31.1 Å². The van der Waals surface area contributed by atoms with E-state index in [1.54, 1.807) is 0 Å². The maximum Gasteiger partial charge on any atom is 0.511 e. The van der Waals surface area contributed by atoms with Crippen LogP contribution in [0, 0.1) is 5.92 Å². The highest BCUT2D eigenvalue weighted by Crippen LogP contribution is 2.44. The Hall–Kier alpha value is -4.69. The summed E-state index contributed by atoms with van der Waals surface area (Å²) in [6, 6.07) is 14.4. The smallest absolute Gasteiger partial charge is 0.449 e. The minimum atomic E-state index is -5.10. The van der Waals surface area contributed by atoms with Gasteiger partial charge in [-0.2, -0.15) is 40.2 Å². The third-order valence-electron chi connectivity index (χ3n) is 7.46. The highest BCUT2D eigenvalue weighted by molar-refractivity contribution is 5.68. The van der Waals surface area contributed by atoms with E-state index in [1.165, 1.54) is 48.5 Å². The summed E-state index contributed by atoms with van der Waals surface area (Å²) in [6.45, 7) is 0. The Morgan fingerprint density at radius 1 is 0.822 bits per heavy atom. The largest absolute Gasteiger partial charge is 0.511 e. The van der Waals surface area contributed by atoms with Crippen LogP contribution in [0.3, 0.4) is 0 Å². The van der Waals surface area contributed by atoms with Crippen LogP contribution in [0.25, 0.3) is 17.1 Å². The number of pyridine rings is 1. The number of benzene rings is 2. The Bertz CT molecular complexity index is 1660. The van der Waals surface area contributed by atoms with E-state index < -0.39 is 53.4 Å². The first kappa shape index (κ1) is 31.7. The highest BCUT2D eigenvalue weighted by Gasteiger charge is 2.43. The van der Waals surface area contributed by atoms with Crippen LogP contribution in [0.5, 0.6) is 11.5 Å². The van der Waals surface area contributed by atoms with Gasteiger partial charge < -0.3 is 14.6 Å². The molecule has 1 aliphatic rings. The van der Waals surface area contributed by atoms with Gasteiger partial charge in [-0.05, 0) is 73.6 Å². The van der Waals surface area contributed by atoms with Gasteiger partial charge in [-0.15, -0.1) is 0 Å². The monoisotopic (exact) mass is 641 g/mol. The molecule has 15 heteroatoms. The zero-order chi connectivity index (χ0) is 32.6. The number of nitrogens with zero attached hydrogens (tertiary/aromatic N) is 3. The zero-order valence-electron chi connectivity index (χ0n) is 22.9. The second-order valence-corrected chi connectivity index (χ2v) is 10.3. The molecule has 0 aliphatic heterocycles. The van der Waals surface area contributed by atoms with Gasteiger partial charge in [-0.3, -0.25) is 0 Å². The number of carbonyl (C=O) groups is 1. The summed E-state index contributed by atoms with van der Waals surface area (Å²) in [7, 11) is 0. The number of para-hydroxylation sites is 1. The van der Waals surface area contributed by atoms with Crippen molar-refractivity contribution in [3.8, 4) is 28.6 Å². The van der Waals surface area contributed by atoms with Crippen LogP contribution in [0.4, 0.5) is 39.9 Å². The van der Waals surface area contributed by atoms with Crippen molar-refractivity contribution in [2.24, 2.45) is 5.92 Å². The zero-order valence-corrected chi connectivity index (χ0v) is 22.9. The van der Waals surface area contributed by atoms with E-state index in [0.29, 0.717) is 16.4 Å². The summed E-state index contributed by atoms with van der Waals surface area (Å²) in [5.74, 6) is -3.40. The third-order valence-corrected chi connectivity index (χ3v) is 7.46. The van der Waals surface area contributed by atoms with Gasteiger partial charge in [0.05, 0.1) is 23.4 Å². The molecule has 0 saturated heterocycles. The molecular formula is C30H23F8N3O4. The molecule has 1 saturated carbocycles. The van der Waals surface area contributed by atoms with Crippen molar-refractivity contribution < 1.29 is 54.5 Å². The molecule has 45 heavy (non-hydrogen) atoms. The number of ether oxygens (including phenoxy) is 2. The van der Waals surface area contributed by atoms with E-state index in [0.717, 1.165) is 18.2 Å². The molecule has 7 nitrogen and oxygen atoms in total. The van der Waals surface area contributed by atoms with E-state index in [-0.39, 0.29) is 48.6 Å². The summed E-state index contributed by atoms with van der Waals surface area (Å²) < 4.78 is 121. The Balaban J connectivity index is 1.38.